The minimum atomic E-state index is 0.388. The average Bonchev–Trinajstić information content (AvgIpc) is 2.48. The topological polar surface area (TPSA) is 47.7 Å². The van der Waals surface area contributed by atoms with Crippen molar-refractivity contribution >= 4 is 0 Å². The number of likely N-dealkylation sites (N-methyl/N-ethyl adjacent to an activating group) is 1. The quantitative estimate of drug-likeness (QED) is 0.866. The summed E-state index contributed by atoms with van der Waals surface area (Å²) >= 11 is 0. The fourth-order valence-electron chi connectivity index (χ4n) is 2.73. The standard InChI is InChI=1S/C16H26N2O2/c1-18(12-15-5-3-4-8-20-15)11-13-6-7-14(10-17)16(9-13)19-2/h6-7,9,15H,3-5,8,10-12,17H2,1-2H3. The fourth-order valence-corrected chi connectivity index (χ4v) is 2.73. The van der Waals surface area contributed by atoms with Crippen LogP contribution in [0, 0.1) is 0 Å². The Morgan fingerprint density at radius 1 is 1.40 bits per heavy atom. The lowest BCUT2D eigenvalue weighted by molar-refractivity contribution is -0.00259. The summed E-state index contributed by atoms with van der Waals surface area (Å²) < 4.78 is 11.2. The molecule has 1 atom stereocenters. The SMILES string of the molecule is COc1cc(CN(C)CC2CCCCO2)ccc1CN. The number of nitrogens with zero attached hydrogens (tertiary/aromatic N) is 1. The first-order valence-corrected chi connectivity index (χ1v) is 7.39. The van der Waals surface area contributed by atoms with Gasteiger partial charge in [-0.2, -0.15) is 0 Å². The second-order valence-corrected chi connectivity index (χ2v) is 5.54. The number of methoxy groups -OCH3 is 1. The van der Waals surface area contributed by atoms with Crippen LogP contribution in [0.15, 0.2) is 18.2 Å². The highest BCUT2D eigenvalue weighted by Gasteiger charge is 2.16. The molecular weight excluding hydrogens is 252 g/mol. The molecule has 1 fully saturated rings. The maximum atomic E-state index is 5.78. The van der Waals surface area contributed by atoms with Crippen LogP contribution in [0.2, 0.25) is 0 Å². The van der Waals surface area contributed by atoms with E-state index in [2.05, 4.69) is 30.1 Å². The Kier molecular flexibility index (Phi) is 5.83. The van der Waals surface area contributed by atoms with Crippen LogP contribution in [-0.4, -0.2) is 38.3 Å². The first-order valence-electron chi connectivity index (χ1n) is 7.39. The molecule has 112 valence electrons. The van der Waals surface area contributed by atoms with Crippen LogP contribution in [0.25, 0.3) is 0 Å². The van der Waals surface area contributed by atoms with Crippen molar-refractivity contribution in [2.75, 3.05) is 27.3 Å². The monoisotopic (exact) mass is 278 g/mol. The third-order valence-electron chi connectivity index (χ3n) is 3.81. The van der Waals surface area contributed by atoms with Gasteiger partial charge >= 0.3 is 0 Å². The molecule has 1 unspecified atom stereocenters. The van der Waals surface area contributed by atoms with Gasteiger partial charge in [0.15, 0.2) is 0 Å². The second-order valence-electron chi connectivity index (χ2n) is 5.54. The van der Waals surface area contributed by atoms with Crippen molar-refractivity contribution in [1.29, 1.82) is 0 Å². The molecule has 0 radical (unpaired) electrons. The van der Waals surface area contributed by atoms with Crippen LogP contribution in [0.1, 0.15) is 30.4 Å². The maximum Gasteiger partial charge on any atom is 0.123 e. The van der Waals surface area contributed by atoms with Gasteiger partial charge in [0.25, 0.3) is 0 Å². The molecule has 2 rings (SSSR count). The van der Waals surface area contributed by atoms with Crippen molar-refractivity contribution in [3.8, 4) is 5.75 Å². The van der Waals surface area contributed by atoms with Crippen molar-refractivity contribution in [3.05, 3.63) is 29.3 Å². The Labute approximate surface area is 121 Å². The van der Waals surface area contributed by atoms with Crippen molar-refractivity contribution in [2.45, 2.75) is 38.5 Å². The van der Waals surface area contributed by atoms with E-state index in [4.69, 9.17) is 15.2 Å². The Bertz CT molecular complexity index is 417. The highest BCUT2D eigenvalue weighted by atomic mass is 16.5. The first-order chi connectivity index (χ1) is 9.72. The zero-order valence-corrected chi connectivity index (χ0v) is 12.6. The molecule has 1 aliphatic heterocycles. The summed E-state index contributed by atoms with van der Waals surface area (Å²) in [6.45, 7) is 3.31. The smallest absolute Gasteiger partial charge is 0.123 e. The fraction of sp³-hybridized carbons (Fsp3) is 0.625. The van der Waals surface area contributed by atoms with E-state index in [0.717, 1.165) is 31.0 Å². The molecule has 0 aromatic heterocycles. The van der Waals surface area contributed by atoms with E-state index in [0.29, 0.717) is 12.6 Å². The van der Waals surface area contributed by atoms with Gasteiger partial charge in [0.2, 0.25) is 0 Å². The predicted octanol–water partition coefficient (Wildman–Crippen LogP) is 2.15. The lowest BCUT2D eigenvalue weighted by Crippen LogP contribution is -2.33. The Balaban J connectivity index is 1.91. The van der Waals surface area contributed by atoms with Crippen molar-refractivity contribution in [2.24, 2.45) is 5.73 Å². The average molecular weight is 278 g/mol. The Morgan fingerprint density at radius 3 is 2.90 bits per heavy atom. The molecule has 0 amide bonds. The Hall–Kier alpha value is -1.10. The molecule has 1 aromatic carbocycles. The number of rotatable bonds is 6. The molecule has 0 saturated carbocycles. The maximum absolute atomic E-state index is 5.78. The lowest BCUT2D eigenvalue weighted by Gasteiger charge is -2.27. The number of nitrogens with two attached hydrogens (primary N) is 1. The van der Waals surface area contributed by atoms with Gasteiger partial charge < -0.3 is 15.2 Å². The highest BCUT2D eigenvalue weighted by Crippen LogP contribution is 2.21. The molecular formula is C16H26N2O2. The molecule has 4 nitrogen and oxygen atoms in total. The number of benzene rings is 1. The van der Waals surface area contributed by atoms with E-state index < -0.39 is 0 Å². The van der Waals surface area contributed by atoms with Crippen LogP contribution in [0.4, 0.5) is 0 Å². The minimum absolute atomic E-state index is 0.388. The zero-order chi connectivity index (χ0) is 14.4. The first kappa shape index (κ1) is 15.3. The lowest BCUT2D eigenvalue weighted by atomic mass is 10.1. The highest BCUT2D eigenvalue weighted by molar-refractivity contribution is 5.37. The van der Waals surface area contributed by atoms with Gasteiger partial charge in [-0.3, -0.25) is 4.90 Å². The molecule has 0 spiro atoms. The minimum Gasteiger partial charge on any atom is -0.496 e. The van der Waals surface area contributed by atoms with Crippen molar-refractivity contribution < 1.29 is 9.47 Å². The summed E-state index contributed by atoms with van der Waals surface area (Å²) in [5, 5.41) is 0. The van der Waals surface area contributed by atoms with E-state index in [-0.39, 0.29) is 0 Å². The van der Waals surface area contributed by atoms with E-state index in [1.807, 2.05) is 0 Å². The molecule has 0 aliphatic carbocycles. The number of hydrogen-bond donors (Lipinski definition) is 1. The van der Waals surface area contributed by atoms with Crippen molar-refractivity contribution in [1.82, 2.24) is 4.90 Å². The molecule has 0 bridgehead atoms. The van der Waals surface area contributed by atoms with Gasteiger partial charge in [-0.25, -0.2) is 0 Å². The molecule has 1 heterocycles. The molecule has 2 N–H and O–H groups in total. The van der Waals surface area contributed by atoms with E-state index in [9.17, 15) is 0 Å². The third-order valence-corrected chi connectivity index (χ3v) is 3.81. The molecule has 4 heteroatoms. The van der Waals surface area contributed by atoms with E-state index in [1.165, 1.54) is 24.8 Å². The summed E-state index contributed by atoms with van der Waals surface area (Å²) in [4.78, 5) is 2.31. The largest absolute Gasteiger partial charge is 0.496 e. The molecule has 20 heavy (non-hydrogen) atoms. The van der Waals surface area contributed by atoms with Crippen molar-refractivity contribution in [3.63, 3.8) is 0 Å². The van der Waals surface area contributed by atoms with Gasteiger partial charge in [0, 0.05) is 31.8 Å². The number of ether oxygens (including phenoxy) is 2. The summed E-state index contributed by atoms with van der Waals surface area (Å²) in [6, 6.07) is 6.27. The van der Waals surface area contributed by atoms with Gasteiger partial charge in [0.1, 0.15) is 5.75 Å². The van der Waals surface area contributed by atoms with Gasteiger partial charge in [-0.15, -0.1) is 0 Å². The third kappa shape index (κ3) is 4.20. The number of hydrogen-bond acceptors (Lipinski definition) is 4. The van der Waals surface area contributed by atoms with E-state index >= 15 is 0 Å². The summed E-state index contributed by atoms with van der Waals surface area (Å²) in [5.41, 5.74) is 7.99. The van der Waals surface area contributed by atoms with Gasteiger partial charge in [-0.05, 0) is 37.9 Å². The normalized spacial score (nSPS) is 19.3. The van der Waals surface area contributed by atoms with Crippen LogP contribution in [-0.2, 0) is 17.8 Å². The van der Waals surface area contributed by atoms with E-state index in [1.54, 1.807) is 7.11 Å². The molecule has 1 saturated heterocycles. The van der Waals surface area contributed by atoms with Gasteiger partial charge in [0.05, 0.1) is 13.2 Å². The Morgan fingerprint density at radius 2 is 2.25 bits per heavy atom. The molecule has 1 aliphatic rings. The van der Waals surface area contributed by atoms with Gasteiger partial charge in [-0.1, -0.05) is 12.1 Å². The second kappa shape index (κ2) is 7.62. The molecule has 1 aromatic rings. The zero-order valence-electron chi connectivity index (χ0n) is 12.6. The predicted molar refractivity (Wildman–Crippen MR) is 80.8 cm³/mol. The summed E-state index contributed by atoms with van der Waals surface area (Å²) in [6.07, 6.45) is 4.06. The summed E-state index contributed by atoms with van der Waals surface area (Å²) in [5.74, 6) is 0.882. The van der Waals surface area contributed by atoms with Crippen LogP contribution in [0.5, 0.6) is 5.75 Å². The van der Waals surface area contributed by atoms with Crippen LogP contribution >= 0.6 is 0 Å². The van der Waals surface area contributed by atoms with Crippen LogP contribution < -0.4 is 10.5 Å². The van der Waals surface area contributed by atoms with Crippen LogP contribution in [0.3, 0.4) is 0 Å². The summed E-state index contributed by atoms with van der Waals surface area (Å²) in [7, 11) is 3.83.